The van der Waals surface area contributed by atoms with Crippen LogP contribution in [0.3, 0.4) is 0 Å². The van der Waals surface area contributed by atoms with Gasteiger partial charge in [-0.15, -0.1) is 0 Å². The zero-order chi connectivity index (χ0) is 10.8. The first-order valence-corrected chi connectivity index (χ1v) is 4.14. The molecule has 0 radical (unpaired) electrons. The summed E-state index contributed by atoms with van der Waals surface area (Å²) in [6, 6.07) is 9.11. The van der Waals surface area contributed by atoms with Gasteiger partial charge in [0.1, 0.15) is 0 Å². The second-order valence-electron chi connectivity index (χ2n) is 2.35. The van der Waals surface area contributed by atoms with E-state index in [4.69, 9.17) is 4.79 Å². The van der Waals surface area contributed by atoms with Gasteiger partial charge in [-0.3, -0.25) is 9.59 Å². The lowest BCUT2D eigenvalue weighted by molar-refractivity contribution is -0.109. The standard InChI is InChI=1S/C8H9NO.C2H5NO/c1-9-8(10)7-5-3-2-4-6-7;1-3-2-4/h2-6H,1H3,(H,9,10);2H,1H3,(H,3,4). The molecule has 0 unspecified atom stereocenters. The number of nitrogens with one attached hydrogen (secondary N) is 2. The fourth-order valence-electron chi connectivity index (χ4n) is 0.734. The molecule has 0 saturated carbocycles. The Morgan fingerprint density at radius 1 is 1.21 bits per heavy atom. The second kappa shape index (κ2) is 7.79. The molecule has 0 bridgehead atoms. The van der Waals surface area contributed by atoms with Crippen molar-refractivity contribution in [2.45, 2.75) is 0 Å². The molecular formula is C10H14N2O2. The fourth-order valence-corrected chi connectivity index (χ4v) is 0.734. The molecule has 2 N–H and O–H groups in total. The predicted octanol–water partition coefficient (Wildman–Crippen LogP) is 0.408. The van der Waals surface area contributed by atoms with E-state index in [1.165, 1.54) is 0 Å². The van der Waals surface area contributed by atoms with Crippen molar-refractivity contribution >= 4 is 12.3 Å². The van der Waals surface area contributed by atoms with Crippen LogP contribution < -0.4 is 10.6 Å². The Kier molecular flexibility index (Phi) is 6.77. The molecule has 4 heteroatoms. The third-order valence-electron chi connectivity index (χ3n) is 1.38. The van der Waals surface area contributed by atoms with Gasteiger partial charge in [0.15, 0.2) is 0 Å². The van der Waals surface area contributed by atoms with Gasteiger partial charge in [-0.1, -0.05) is 18.2 Å². The highest BCUT2D eigenvalue weighted by atomic mass is 16.1. The summed E-state index contributed by atoms with van der Waals surface area (Å²) in [6.07, 6.45) is 0.625. The quantitative estimate of drug-likeness (QED) is 0.670. The van der Waals surface area contributed by atoms with E-state index in [0.29, 0.717) is 12.0 Å². The van der Waals surface area contributed by atoms with E-state index in [9.17, 15) is 4.79 Å². The molecular weight excluding hydrogens is 180 g/mol. The molecule has 4 nitrogen and oxygen atoms in total. The van der Waals surface area contributed by atoms with E-state index in [-0.39, 0.29) is 5.91 Å². The third-order valence-corrected chi connectivity index (χ3v) is 1.38. The van der Waals surface area contributed by atoms with Crippen LogP contribution in [0.25, 0.3) is 0 Å². The van der Waals surface area contributed by atoms with Gasteiger partial charge in [-0.05, 0) is 12.1 Å². The number of amides is 2. The van der Waals surface area contributed by atoms with Crippen LogP contribution in [0.2, 0.25) is 0 Å². The van der Waals surface area contributed by atoms with E-state index in [1.54, 1.807) is 26.2 Å². The van der Waals surface area contributed by atoms with Gasteiger partial charge in [0.25, 0.3) is 5.91 Å². The Morgan fingerprint density at radius 3 is 2.07 bits per heavy atom. The Labute approximate surface area is 83.3 Å². The topological polar surface area (TPSA) is 58.2 Å². The summed E-state index contributed by atoms with van der Waals surface area (Å²) in [5.41, 5.74) is 0.699. The first-order chi connectivity index (χ1) is 6.76. The maximum Gasteiger partial charge on any atom is 0.251 e. The molecule has 2 amide bonds. The molecule has 1 aromatic rings. The van der Waals surface area contributed by atoms with Crippen LogP contribution in [0.5, 0.6) is 0 Å². The Hall–Kier alpha value is -1.84. The lowest BCUT2D eigenvalue weighted by Crippen LogP contribution is -2.17. The van der Waals surface area contributed by atoms with Crippen molar-refractivity contribution in [2.75, 3.05) is 14.1 Å². The molecule has 0 aromatic heterocycles. The van der Waals surface area contributed by atoms with E-state index >= 15 is 0 Å². The summed E-state index contributed by atoms with van der Waals surface area (Å²) in [6.45, 7) is 0. The van der Waals surface area contributed by atoms with E-state index in [0.717, 1.165) is 0 Å². The SMILES string of the molecule is CNC(=O)c1ccccc1.CNC=O. The summed E-state index contributed by atoms with van der Waals surface area (Å²) < 4.78 is 0. The van der Waals surface area contributed by atoms with Gasteiger partial charge in [0.2, 0.25) is 6.41 Å². The summed E-state index contributed by atoms with van der Waals surface area (Å²) in [7, 11) is 3.18. The molecule has 1 rings (SSSR count). The molecule has 0 fully saturated rings. The minimum absolute atomic E-state index is 0.0411. The molecule has 0 atom stereocenters. The number of hydrogen-bond donors (Lipinski definition) is 2. The van der Waals surface area contributed by atoms with E-state index < -0.39 is 0 Å². The van der Waals surface area contributed by atoms with E-state index in [1.807, 2.05) is 18.2 Å². The summed E-state index contributed by atoms with van der Waals surface area (Å²) in [5, 5.41) is 4.79. The molecule has 0 aliphatic heterocycles. The van der Waals surface area contributed by atoms with Crippen molar-refractivity contribution in [3.63, 3.8) is 0 Å². The van der Waals surface area contributed by atoms with Crippen molar-refractivity contribution in [2.24, 2.45) is 0 Å². The summed E-state index contributed by atoms with van der Waals surface area (Å²) >= 11 is 0. The highest BCUT2D eigenvalue weighted by Gasteiger charge is 1.97. The number of carbonyl (C=O) groups excluding carboxylic acids is 2. The minimum Gasteiger partial charge on any atom is -0.362 e. The van der Waals surface area contributed by atoms with Gasteiger partial charge >= 0.3 is 0 Å². The predicted molar refractivity (Wildman–Crippen MR) is 55.0 cm³/mol. The van der Waals surface area contributed by atoms with Gasteiger partial charge in [0.05, 0.1) is 0 Å². The van der Waals surface area contributed by atoms with Crippen LogP contribution in [-0.4, -0.2) is 26.4 Å². The first-order valence-electron chi connectivity index (χ1n) is 4.14. The third kappa shape index (κ3) is 4.92. The van der Waals surface area contributed by atoms with Gasteiger partial charge < -0.3 is 10.6 Å². The van der Waals surface area contributed by atoms with Crippen molar-refractivity contribution in [3.05, 3.63) is 35.9 Å². The average molecular weight is 194 g/mol. The highest BCUT2D eigenvalue weighted by molar-refractivity contribution is 5.93. The summed E-state index contributed by atoms with van der Waals surface area (Å²) in [4.78, 5) is 20.0. The lowest BCUT2D eigenvalue weighted by Gasteiger charge is -1.96. The van der Waals surface area contributed by atoms with Gasteiger partial charge in [-0.25, -0.2) is 0 Å². The van der Waals surface area contributed by atoms with Gasteiger partial charge in [-0.2, -0.15) is 0 Å². The van der Waals surface area contributed by atoms with Crippen LogP contribution >= 0.6 is 0 Å². The highest BCUT2D eigenvalue weighted by Crippen LogP contribution is 1.96. The molecule has 0 spiro atoms. The van der Waals surface area contributed by atoms with Gasteiger partial charge in [0, 0.05) is 19.7 Å². The summed E-state index contributed by atoms with van der Waals surface area (Å²) in [5.74, 6) is -0.0411. The monoisotopic (exact) mass is 194 g/mol. The first kappa shape index (κ1) is 12.2. The maximum absolute atomic E-state index is 10.9. The van der Waals surface area contributed by atoms with Crippen LogP contribution in [-0.2, 0) is 4.79 Å². The smallest absolute Gasteiger partial charge is 0.251 e. The lowest BCUT2D eigenvalue weighted by atomic mass is 10.2. The molecule has 0 aliphatic carbocycles. The number of rotatable bonds is 2. The molecule has 1 aromatic carbocycles. The fraction of sp³-hybridized carbons (Fsp3) is 0.200. The van der Waals surface area contributed by atoms with Crippen molar-refractivity contribution in [1.82, 2.24) is 10.6 Å². The molecule has 14 heavy (non-hydrogen) atoms. The number of hydrogen-bond acceptors (Lipinski definition) is 2. The van der Waals surface area contributed by atoms with Crippen LogP contribution in [0.4, 0.5) is 0 Å². The van der Waals surface area contributed by atoms with E-state index in [2.05, 4.69) is 10.6 Å². The number of carbonyl (C=O) groups is 2. The largest absolute Gasteiger partial charge is 0.362 e. The zero-order valence-electron chi connectivity index (χ0n) is 8.28. The normalized spacial score (nSPS) is 7.86. The van der Waals surface area contributed by atoms with Crippen molar-refractivity contribution < 1.29 is 9.59 Å². The Balaban J connectivity index is 0.000000364. The van der Waals surface area contributed by atoms with Crippen LogP contribution in [0.1, 0.15) is 10.4 Å². The van der Waals surface area contributed by atoms with Crippen LogP contribution in [0.15, 0.2) is 30.3 Å². The zero-order valence-corrected chi connectivity index (χ0v) is 8.28. The molecule has 0 saturated heterocycles. The molecule has 0 heterocycles. The van der Waals surface area contributed by atoms with Crippen molar-refractivity contribution in [1.29, 1.82) is 0 Å². The second-order valence-corrected chi connectivity index (χ2v) is 2.35. The van der Waals surface area contributed by atoms with Crippen LogP contribution in [0, 0.1) is 0 Å². The Bertz CT molecular complexity index is 273. The Morgan fingerprint density at radius 2 is 1.71 bits per heavy atom. The minimum atomic E-state index is -0.0411. The average Bonchev–Trinajstić information content (AvgIpc) is 2.29. The molecule has 0 aliphatic rings. The maximum atomic E-state index is 10.9. The number of benzene rings is 1. The molecule has 76 valence electrons. The van der Waals surface area contributed by atoms with Crippen molar-refractivity contribution in [3.8, 4) is 0 Å².